The summed E-state index contributed by atoms with van der Waals surface area (Å²) < 4.78 is 24.3. The first-order valence-electron chi connectivity index (χ1n) is 5.13. The van der Waals surface area contributed by atoms with Gasteiger partial charge in [-0.25, -0.2) is 8.78 Å². The van der Waals surface area contributed by atoms with Crippen molar-refractivity contribution in [2.75, 3.05) is 0 Å². The molecular weight excluding hydrogens is 242 g/mol. The maximum absolute atomic E-state index is 12.2. The molecule has 0 radical (unpaired) electrons. The molecule has 0 saturated carbocycles. The molecule has 0 heterocycles. The van der Waals surface area contributed by atoms with Gasteiger partial charge in [-0.05, 0) is 43.7 Å². The fourth-order valence-corrected chi connectivity index (χ4v) is 1.26. The Morgan fingerprint density at radius 1 is 0.765 bits per heavy atom. The quantitative estimate of drug-likeness (QED) is 0.626. The lowest BCUT2D eigenvalue weighted by molar-refractivity contribution is 0.508. The van der Waals surface area contributed by atoms with Crippen LogP contribution in [0.15, 0.2) is 42.5 Å². The third kappa shape index (κ3) is 4.96. The van der Waals surface area contributed by atoms with E-state index >= 15 is 0 Å². The molecule has 0 aliphatic rings. The molecular formula is C14H13ClF2. The average Bonchev–Trinajstić information content (AvgIpc) is 2.29. The summed E-state index contributed by atoms with van der Waals surface area (Å²) in [4.78, 5) is 0. The van der Waals surface area contributed by atoms with Gasteiger partial charge in [0.15, 0.2) is 11.6 Å². The number of hydrogen-bond acceptors (Lipinski definition) is 0. The zero-order valence-electron chi connectivity index (χ0n) is 9.68. The second-order valence-corrected chi connectivity index (χ2v) is 4.15. The zero-order chi connectivity index (χ0) is 12.8. The van der Waals surface area contributed by atoms with Gasteiger partial charge in [-0.3, -0.25) is 0 Å². The van der Waals surface area contributed by atoms with Crippen LogP contribution in [0.3, 0.4) is 0 Å². The van der Waals surface area contributed by atoms with Gasteiger partial charge >= 0.3 is 0 Å². The predicted octanol–water partition coefficient (Wildman–Crippen LogP) is 4.92. The van der Waals surface area contributed by atoms with Crippen molar-refractivity contribution >= 4 is 11.6 Å². The Kier molecular flexibility index (Phi) is 5.11. The van der Waals surface area contributed by atoms with Gasteiger partial charge in [0.1, 0.15) is 0 Å². The molecule has 0 aliphatic carbocycles. The molecule has 3 heteroatoms. The summed E-state index contributed by atoms with van der Waals surface area (Å²) in [6, 6.07) is 11.6. The molecule has 0 nitrogen and oxygen atoms in total. The van der Waals surface area contributed by atoms with Gasteiger partial charge in [-0.1, -0.05) is 35.4 Å². The Morgan fingerprint density at radius 3 is 1.71 bits per heavy atom. The molecule has 0 atom stereocenters. The summed E-state index contributed by atoms with van der Waals surface area (Å²) in [5, 5.41) is 0.801. The average molecular weight is 255 g/mol. The fourth-order valence-electron chi connectivity index (χ4n) is 1.13. The van der Waals surface area contributed by atoms with Crippen LogP contribution in [0.2, 0.25) is 5.02 Å². The first-order valence-corrected chi connectivity index (χ1v) is 5.50. The van der Waals surface area contributed by atoms with Crippen molar-refractivity contribution in [3.8, 4) is 0 Å². The van der Waals surface area contributed by atoms with Gasteiger partial charge in [0.05, 0.1) is 0 Å². The molecule has 17 heavy (non-hydrogen) atoms. The Balaban J connectivity index is 0.000000171. The Labute approximate surface area is 105 Å². The molecule has 0 amide bonds. The van der Waals surface area contributed by atoms with Crippen LogP contribution in [0.1, 0.15) is 11.1 Å². The van der Waals surface area contributed by atoms with Crippen LogP contribution in [0.25, 0.3) is 0 Å². The van der Waals surface area contributed by atoms with Crippen molar-refractivity contribution in [1.29, 1.82) is 0 Å². The van der Waals surface area contributed by atoms with Crippen LogP contribution in [0.4, 0.5) is 8.78 Å². The van der Waals surface area contributed by atoms with E-state index in [1.165, 1.54) is 11.6 Å². The van der Waals surface area contributed by atoms with E-state index in [2.05, 4.69) is 0 Å². The first-order chi connectivity index (χ1) is 7.99. The summed E-state index contributed by atoms with van der Waals surface area (Å²) in [6.07, 6.45) is 0. The van der Waals surface area contributed by atoms with E-state index in [4.69, 9.17) is 11.6 Å². The second kappa shape index (κ2) is 6.36. The van der Waals surface area contributed by atoms with E-state index < -0.39 is 11.6 Å². The van der Waals surface area contributed by atoms with E-state index in [0.717, 1.165) is 22.7 Å². The lowest BCUT2D eigenvalue weighted by atomic mass is 10.2. The van der Waals surface area contributed by atoms with Gasteiger partial charge in [0.2, 0.25) is 0 Å². The highest BCUT2D eigenvalue weighted by molar-refractivity contribution is 6.30. The number of hydrogen-bond donors (Lipinski definition) is 0. The van der Waals surface area contributed by atoms with Gasteiger partial charge in [0, 0.05) is 5.02 Å². The molecule has 90 valence electrons. The molecule has 0 N–H and O–H groups in total. The van der Waals surface area contributed by atoms with Crippen molar-refractivity contribution in [2.24, 2.45) is 0 Å². The van der Waals surface area contributed by atoms with Gasteiger partial charge in [-0.2, -0.15) is 0 Å². The van der Waals surface area contributed by atoms with Crippen molar-refractivity contribution < 1.29 is 8.78 Å². The number of benzene rings is 2. The normalized spacial score (nSPS) is 9.47. The van der Waals surface area contributed by atoms with E-state index in [1.54, 1.807) is 6.92 Å². The molecule has 0 aliphatic heterocycles. The monoisotopic (exact) mass is 254 g/mol. The van der Waals surface area contributed by atoms with Crippen LogP contribution >= 0.6 is 11.6 Å². The zero-order valence-corrected chi connectivity index (χ0v) is 10.4. The van der Waals surface area contributed by atoms with E-state index in [0.29, 0.717) is 0 Å². The Hall–Kier alpha value is -1.41. The number of halogens is 3. The largest absolute Gasteiger partial charge is 0.204 e. The molecule has 0 unspecified atom stereocenters. The number of aryl methyl sites for hydroxylation is 2. The van der Waals surface area contributed by atoms with Crippen LogP contribution in [-0.4, -0.2) is 0 Å². The minimum absolute atomic E-state index is 0.730. The highest BCUT2D eigenvalue weighted by Gasteiger charge is 1.97. The van der Waals surface area contributed by atoms with E-state index in [9.17, 15) is 8.78 Å². The minimum atomic E-state index is -0.791. The van der Waals surface area contributed by atoms with Crippen LogP contribution in [0.5, 0.6) is 0 Å². The highest BCUT2D eigenvalue weighted by Crippen LogP contribution is 2.07. The Morgan fingerprint density at radius 2 is 1.29 bits per heavy atom. The molecule has 0 bridgehead atoms. The van der Waals surface area contributed by atoms with Crippen LogP contribution in [0, 0.1) is 25.5 Å². The molecule has 2 aromatic carbocycles. The third-order valence-electron chi connectivity index (χ3n) is 2.09. The highest BCUT2D eigenvalue weighted by atomic mass is 35.5. The van der Waals surface area contributed by atoms with Gasteiger partial charge < -0.3 is 0 Å². The summed E-state index contributed by atoms with van der Waals surface area (Å²) in [5.41, 5.74) is 1.98. The van der Waals surface area contributed by atoms with Gasteiger partial charge in [-0.15, -0.1) is 0 Å². The van der Waals surface area contributed by atoms with Crippen LogP contribution < -0.4 is 0 Å². The summed E-state index contributed by atoms with van der Waals surface area (Å²) >= 11 is 5.61. The van der Waals surface area contributed by atoms with Crippen molar-refractivity contribution in [1.82, 2.24) is 0 Å². The van der Waals surface area contributed by atoms with Crippen molar-refractivity contribution in [3.05, 3.63) is 70.2 Å². The minimum Gasteiger partial charge on any atom is -0.204 e. The summed E-state index contributed by atoms with van der Waals surface area (Å²) in [6.45, 7) is 3.75. The third-order valence-corrected chi connectivity index (χ3v) is 2.34. The Bertz CT molecular complexity index is 457. The smallest absolute Gasteiger partial charge is 0.159 e. The van der Waals surface area contributed by atoms with E-state index in [-0.39, 0.29) is 0 Å². The number of rotatable bonds is 0. The van der Waals surface area contributed by atoms with Gasteiger partial charge in [0.25, 0.3) is 0 Å². The second-order valence-electron chi connectivity index (χ2n) is 3.71. The SMILES string of the molecule is Cc1ccc(Cl)cc1.Cc1ccc(F)c(F)c1. The molecule has 2 rings (SSSR count). The summed E-state index contributed by atoms with van der Waals surface area (Å²) in [5.74, 6) is -1.57. The summed E-state index contributed by atoms with van der Waals surface area (Å²) in [7, 11) is 0. The molecule has 2 aromatic rings. The maximum Gasteiger partial charge on any atom is 0.159 e. The van der Waals surface area contributed by atoms with Crippen molar-refractivity contribution in [2.45, 2.75) is 13.8 Å². The molecule has 0 fully saturated rings. The predicted molar refractivity (Wildman–Crippen MR) is 67.3 cm³/mol. The first kappa shape index (κ1) is 13.7. The molecule has 0 aromatic heterocycles. The fraction of sp³-hybridized carbons (Fsp3) is 0.143. The van der Waals surface area contributed by atoms with Crippen LogP contribution in [-0.2, 0) is 0 Å². The lowest BCUT2D eigenvalue weighted by Crippen LogP contribution is -1.82. The van der Waals surface area contributed by atoms with E-state index in [1.807, 2.05) is 31.2 Å². The molecule has 0 spiro atoms. The topological polar surface area (TPSA) is 0 Å². The van der Waals surface area contributed by atoms with Crippen molar-refractivity contribution in [3.63, 3.8) is 0 Å². The standard InChI is InChI=1S/C7H7Cl.C7H6F2/c1-6-2-4-7(8)5-3-6;1-5-2-3-6(8)7(9)4-5/h2-5H,1H3;2-4H,1H3. The molecule has 0 saturated heterocycles. The lowest BCUT2D eigenvalue weighted by Gasteiger charge is -1.91. The maximum atomic E-state index is 12.2.